The quantitative estimate of drug-likeness (QED) is 0.803. The zero-order chi connectivity index (χ0) is 18.2. The third-order valence-corrected chi connectivity index (χ3v) is 8.27. The summed E-state index contributed by atoms with van der Waals surface area (Å²) < 4.78 is 10.9. The zero-order valence-electron chi connectivity index (χ0n) is 15.7. The smallest absolute Gasteiger partial charge is 0.302 e. The third kappa shape index (κ3) is 2.08. The van der Waals surface area contributed by atoms with Crippen LogP contribution in [0.3, 0.4) is 0 Å². The summed E-state index contributed by atoms with van der Waals surface area (Å²) >= 11 is 0. The number of hydrogen-bond donors (Lipinski definition) is 1. The molecule has 0 aliphatic heterocycles. The molecule has 3 saturated carbocycles. The summed E-state index contributed by atoms with van der Waals surface area (Å²) in [5.74, 6) is 2.06. The van der Waals surface area contributed by atoms with Crippen molar-refractivity contribution in [3.05, 3.63) is 29.7 Å². The van der Waals surface area contributed by atoms with Gasteiger partial charge in [0.2, 0.25) is 0 Å². The molecule has 1 aromatic rings. The van der Waals surface area contributed by atoms with Gasteiger partial charge in [-0.05, 0) is 79.3 Å². The van der Waals surface area contributed by atoms with E-state index in [4.69, 9.17) is 9.15 Å². The predicted octanol–water partition coefficient (Wildman–Crippen LogP) is 4.29. The van der Waals surface area contributed by atoms with E-state index in [1.807, 2.05) is 6.26 Å². The summed E-state index contributed by atoms with van der Waals surface area (Å²) in [6.07, 6.45) is 12.7. The first kappa shape index (κ1) is 16.6. The number of aliphatic hydroxyl groups is 1. The lowest BCUT2D eigenvalue weighted by Gasteiger charge is -2.58. The van der Waals surface area contributed by atoms with Crippen LogP contribution in [0.4, 0.5) is 0 Å². The Labute approximate surface area is 154 Å². The number of furan rings is 1. The Morgan fingerprint density at radius 1 is 1.38 bits per heavy atom. The molecule has 4 nitrogen and oxygen atoms in total. The highest BCUT2D eigenvalue weighted by Gasteiger charge is 2.65. The maximum Gasteiger partial charge on any atom is 0.302 e. The van der Waals surface area contributed by atoms with E-state index in [0.29, 0.717) is 11.8 Å². The fourth-order valence-corrected chi connectivity index (χ4v) is 7.27. The van der Waals surface area contributed by atoms with E-state index in [9.17, 15) is 9.90 Å². The molecule has 0 aromatic carbocycles. The van der Waals surface area contributed by atoms with Gasteiger partial charge in [0.05, 0.1) is 6.26 Å². The summed E-state index contributed by atoms with van der Waals surface area (Å²) in [7, 11) is 0. The largest absolute Gasteiger partial charge is 0.465 e. The summed E-state index contributed by atoms with van der Waals surface area (Å²) in [6.45, 7) is 4.00. The average Bonchev–Trinajstić information content (AvgIpc) is 3.14. The number of fused-ring (bicyclic) bond motifs is 5. The summed E-state index contributed by atoms with van der Waals surface area (Å²) in [5, 5.41) is 11.3. The standard InChI is InChI=1S/C22H28O4/c1-14(23)26-13-22(24)12-21-9-5-17-16-7-10-25-18(16)6-8-20(17,2)19(21)4-3-15(22)11-21/h6-8,10,15,17,19,24H,3-5,9,11-13H2,1-2H3/t15-,17-,19+,20-,21+,22+/m1/s1. The number of allylic oxidation sites excluding steroid dienone is 1. The molecule has 5 rings (SSSR count). The van der Waals surface area contributed by atoms with Gasteiger partial charge < -0.3 is 14.3 Å². The molecule has 1 spiro atoms. The second kappa shape index (κ2) is 5.25. The first-order valence-corrected chi connectivity index (χ1v) is 9.99. The van der Waals surface area contributed by atoms with Crippen LogP contribution in [0.5, 0.6) is 0 Å². The van der Waals surface area contributed by atoms with Crippen molar-refractivity contribution in [3.8, 4) is 0 Å². The average molecular weight is 356 g/mol. The summed E-state index contributed by atoms with van der Waals surface area (Å²) in [5.41, 5.74) is 0.810. The van der Waals surface area contributed by atoms with Crippen LogP contribution in [0.2, 0.25) is 0 Å². The molecule has 0 saturated heterocycles. The second-order valence-electron chi connectivity index (χ2n) is 9.48. The lowest BCUT2D eigenvalue weighted by molar-refractivity contribution is -0.151. The van der Waals surface area contributed by atoms with Gasteiger partial charge in [-0.3, -0.25) is 4.79 Å². The molecular weight excluding hydrogens is 328 g/mol. The second-order valence-corrected chi connectivity index (χ2v) is 9.48. The molecule has 6 atom stereocenters. The van der Waals surface area contributed by atoms with Gasteiger partial charge in [0, 0.05) is 12.5 Å². The number of hydrogen-bond acceptors (Lipinski definition) is 4. The van der Waals surface area contributed by atoms with Crippen molar-refractivity contribution in [1.82, 2.24) is 0 Å². The molecule has 4 heteroatoms. The van der Waals surface area contributed by atoms with Gasteiger partial charge >= 0.3 is 5.97 Å². The van der Waals surface area contributed by atoms with Gasteiger partial charge in [-0.1, -0.05) is 13.0 Å². The molecule has 1 N–H and O–H groups in total. The first-order valence-electron chi connectivity index (χ1n) is 9.99. The molecule has 26 heavy (non-hydrogen) atoms. The molecule has 4 aliphatic carbocycles. The van der Waals surface area contributed by atoms with Crippen LogP contribution in [0, 0.1) is 22.7 Å². The highest BCUT2D eigenvalue weighted by Crippen LogP contribution is 2.71. The third-order valence-electron chi connectivity index (χ3n) is 8.27. The maximum atomic E-state index is 11.3. The van der Waals surface area contributed by atoms with Gasteiger partial charge in [0.25, 0.3) is 0 Å². The van der Waals surface area contributed by atoms with Crippen molar-refractivity contribution >= 4 is 12.0 Å². The van der Waals surface area contributed by atoms with E-state index < -0.39 is 5.60 Å². The van der Waals surface area contributed by atoms with E-state index in [0.717, 1.165) is 44.3 Å². The number of carbonyl (C=O) groups excluding carboxylic acids is 1. The normalized spacial score (nSPS) is 45.6. The maximum absolute atomic E-state index is 11.3. The predicted molar refractivity (Wildman–Crippen MR) is 97.3 cm³/mol. The molecule has 0 amide bonds. The van der Waals surface area contributed by atoms with Crippen LogP contribution in [-0.4, -0.2) is 23.3 Å². The topological polar surface area (TPSA) is 59.7 Å². The molecule has 140 valence electrons. The SMILES string of the molecule is CC(=O)OC[C@@]1(O)C[C@@]23CC[C@@H]4c5ccoc5C=C[C@@]4(C)[C@@H]2CC[C@@H]1C3. The minimum atomic E-state index is -0.844. The van der Waals surface area contributed by atoms with E-state index in [1.165, 1.54) is 12.5 Å². The Hall–Kier alpha value is -1.55. The Balaban J connectivity index is 1.48. The van der Waals surface area contributed by atoms with Crippen molar-refractivity contribution in [2.45, 2.75) is 63.9 Å². The van der Waals surface area contributed by atoms with Gasteiger partial charge in [-0.25, -0.2) is 0 Å². The Morgan fingerprint density at radius 3 is 3.04 bits per heavy atom. The Bertz CT molecular complexity index is 779. The lowest BCUT2D eigenvalue weighted by atomic mass is 9.46. The van der Waals surface area contributed by atoms with Crippen molar-refractivity contribution in [3.63, 3.8) is 0 Å². The van der Waals surface area contributed by atoms with E-state index in [-0.39, 0.29) is 29.3 Å². The fraction of sp³-hybridized carbons (Fsp3) is 0.682. The minimum Gasteiger partial charge on any atom is -0.465 e. The number of esters is 1. The fourth-order valence-electron chi connectivity index (χ4n) is 7.27. The monoisotopic (exact) mass is 356 g/mol. The molecule has 3 fully saturated rings. The van der Waals surface area contributed by atoms with Crippen LogP contribution < -0.4 is 0 Å². The molecule has 1 heterocycles. The molecule has 2 bridgehead atoms. The number of carbonyl (C=O) groups is 1. The molecule has 4 aliphatic rings. The minimum absolute atomic E-state index is 0.118. The summed E-state index contributed by atoms with van der Waals surface area (Å²) in [6, 6.07) is 2.15. The Morgan fingerprint density at radius 2 is 2.23 bits per heavy atom. The molecule has 1 aromatic heterocycles. The van der Waals surface area contributed by atoms with Crippen LogP contribution in [0.25, 0.3) is 6.08 Å². The van der Waals surface area contributed by atoms with E-state index >= 15 is 0 Å². The highest BCUT2D eigenvalue weighted by molar-refractivity contribution is 5.66. The van der Waals surface area contributed by atoms with E-state index in [2.05, 4.69) is 25.1 Å². The van der Waals surface area contributed by atoms with Crippen molar-refractivity contribution < 1.29 is 19.1 Å². The summed E-state index contributed by atoms with van der Waals surface area (Å²) in [4.78, 5) is 11.3. The van der Waals surface area contributed by atoms with Gasteiger partial charge in [-0.2, -0.15) is 0 Å². The van der Waals surface area contributed by atoms with Crippen molar-refractivity contribution in [2.75, 3.05) is 6.61 Å². The van der Waals surface area contributed by atoms with Crippen LogP contribution in [-0.2, 0) is 9.53 Å². The van der Waals surface area contributed by atoms with Crippen LogP contribution >= 0.6 is 0 Å². The zero-order valence-corrected chi connectivity index (χ0v) is 15.7. The van der Waals surface area contributed by atoms with Crippen molar-refractivity contribution in [2.24, 2.45) is 22.7 Å². The highest BCUT2D eigenvalue weighted by atomic mass is 16.5. The lowest BCUT2D eigenvalue weighted by Crippen LogP contribution is -2.49. The molecule has 0 radical (unpaired) electrons. The van der Waals surface area contributed by atoms with Crippen LogP contribution in [0.1, 0.15) is 69.6 Å². The Kier molecular flexibility index (Phi) is 3.35. The number of ether oxygens (including phenoxy) is 1. The van der Waals surface area contributed by atoms with Gasteiger partial charge in [-0.15, -0.1) is 0 Å². The van der Waals surface area contributed by atoms with E-state index in [1.54, 1.807) is 0 Å². The number of rotatable bonds is 2. The van der Waals surface area contributed by atoms with Crippen molar-refractivity contribution in [1.29, 1.82) is 0 Å². The van der Waals surface area contributed by atoms with Gasteiger partial charge in [0.1, 0.15) is 18.0 Å². The van der Waals surface area contributed by atoms with Crippen LogP contribution in [0.15, 0.2) is 22.8 Å². The molecular formula is C22H28O4. The molecule has 0 unspecified atom stereocenters. The first-order chi connectivity index (χ1) is 12.4. The van der Waals surface area contributed by atoms with Gasteiger partial charge in [0.15, 0.2) is 0 Å².